The molecule has 0 saturated carbocycles. The summed E-state index contributed by atoms with van der Waals surface area (Å²) in [6, 6.07) is 7.77. The van der Waals surface area contributed by atoms with Gasteiger partial charge >= 0.3 is 5.97 Å². The van der Waals surface area contributed by atoms with Crippen LogP contribution in [0, 0.1) is 28.6 Å². The van der Waals surface area contributed by atoms with Crippen molar-refractivity contribution < 1.29 is 33.4 Å². The average molecular weight is 974 g/mol. The highest BCUT2D eigenvalue weighted by Crippen LogP contribution is 2.43. The predicted octanol–water partition coefficient (Wildman–Crippen LogP) is 4.95. The Balaban J connectivity index is 0.997. The molecule has 5 aliphatic rings. The number of hydrazine groups is 1. The molecule has 9 rings (SSSR count). The van der Waals surface area contributed by atoms with E-state index in [1.54, 1.807) is 9.80 Å². The quantitative estimate of drug-likeness (QED) is 0.190. The van der Waals surface area contributed by atoms with Crippen LogP contribution in [-0.2, 0) is 53.3 Å². The molecule has 17 heteroatoms. The number of nitrogens with one attached hydrogen (secondary N) is 2. The second-order valence-corrected chi connectivity index (χ2v) is 22.2. The monoisotopic (exact) mass is 973 g/mol. The van der Waals surface area contributed by atoms with Gasteiger partial charge < -0.3 is 29.2 Å². The molecule has 5 aliphatic heterocycles. The number of pyridine rings is 1. The molecule has 6 bridgehead atoms. The van der Waals surface area contributed by atoms with Crippen LogP contribution in [0.15, 0.2) is 41.9 Å². The molecule has 70 heavy (non-hydrogen) atoms. The van der Waals surface area contributed by atoms with E-state index in [0.717, 1.165) is 57.8 Å². The molecular weight excluding hydrogens is 907 g/mol. The number of aromatic nitrogens is 3. The highest BCUT2D eigenvalue weighted by Gasteiger charge is 2.54. The van der Waals surface area contributed by atoms with Gasteiger partial charge in [0.2, 0.25) is 11.8 Å². The lowest BCUT2D eigenvalue weighted by atomic mass is 9.84. The van der Waals surface area contributed by atoms with Crippen LogP contribution in [0.2, 0.25) is 0 Å². The van der Waals surface area contributed by atoms with Gasteiger partial charge in [0.1, 0.15) is 18.1 Å². The Bertz CT molecular complexity index is 2730. The van der Waals surface area contributed by atoms with Crippen LogP contribution in [0.1, 0.15) is 89.4 Å². The van der Waals surface area contributed by atoms with E-state index in [0.29, 0.717) is 76.5 Å². The Morgan fingerprint density at radius 2 is 1.81 bits per heavy atom. The third-order valence-corrected chi connectivity index (χ3v) is 15.7. The van der Waals surface area contributed by atoms with Crippen molar-refractivity contribution in [3.8, 4) is 34.4 Å². The fraction of sp³-hybridized carbons (Fsp3) is 0.566. The number of aryl methyl sites for hydroxylation is 1. The number of hydrogen-bond donors (Lipinski definition) is 2. The minimum Gasteiger partial charge on any atom is -0.464 e. The number of carbonyl (C=O) groups excluding carboxylic acids is 5. The Kier molecular flexibility index (Phi) is 14.2. The maximum Gasteiger partial charge on any atom is 0.324 e. The maximum atomic E-state index is 14.7. The minimum absolute atomic E-state index is 0.0883. The first-order valence-electron chi connectivity index (χ1n) is 25.0. The number of cyclic esters (lactones) is 1. The molecule has 4 atom stereocenters. The van der Waals surface area contributed by atoms with Crippen molar-refractivity contribution in [1.82, 2.24) is 45.0 Å². The van der Waals surface area contributed by atoms with Gasteiger partial charge in [-0.3, -0.25) is 38.9 Å². The third kappa shape index (κ3) is 9.97. The number of ether oxygens (including phenoxy) is 2. The number of benzene rings is 1. The molecule has 0 aliphatic carbocycles. The summed E-state index contributed by atoms with van der Waals surface area (Å²) in [5, 5.41) is 8.23. The molecule has 4 saturated heterocycles. The second-order valence-electron chi connectivity index (χ2n) is 21.2. The summed E-state index contributed by atoms with van der Waals surface area (Å²) in [5.74, 6) is 3.94. The largest absolute Gasteiger partial charge is 0.464 e. The molecule has 1 aromatic carbocycles. The van der Waals surface area contributed by atoms with Crippen LogP contribution in [0.3, 0.4) is 0 Å². The van der Waals surface area contributed by atoms with Gasteiger partial charge in [-0.2, -0.15) is 0 Å². The molecule has 2 N–H and O–H groups in total. The standard InChI is InChI=1S/C53H67N9O7S/c1-33(2)45-36(11-8-18-54-45)47-38-29-52(5,6)32-69-50(66)39-12-9-20-62(57-39)49(65)40(28-43-55-41(30-70-43)35-14-15-42(58(47)7)37(38)27-35)56-48(64)46(34(3)4)61-22-17-53(51(61)67)16-21-60(31-53)44(63)13-10-19-59-23-25-68-26-24-59/h8,11,14-15,18,27,30,33-34,39-40,46,57H,9,12,16-17,19-26,28-29,31-32H2,1-7H3,(H,56,64)/t39-,40-,46-,53?/m0/s1. The minimum atomic E-state index is -1.07. The number of hydrogen-bond acceptors (Lipinski definition) is 12. The zero-order chi connectivity index (χ0) is 49.5. The number of fused-ring (bicyclic) bond motifs is 6. The van der Waals surface area contributed by atoms with Crippen LogP contribution in [-0.4, -0.2) is 148 Å². The molecule has 0 radical (unpaired) electrons. The normalized spacial score (nSPS) is 23.7. The topological polar surface area (TPSA) is 172 Å². The second kappa shape index (κ2) is 20.2. The molecule has 3 aromatic heterocycles. The van der Waals surface area contributed by atoms with Gasteiger partial charge in [-0.1, -0.05) is 53.5 Å². The van der Waals surface area contributed by atoms with Crippen molar-refractivity contribution in [2.24, 2.45) is 23.8 Å². The molecule has 1 spiro atoms. The summed E-state index contributed by atoms with van der Waals surface area (Å²) in [6.07, 6.45) is 4.56. The first kappa shape index (κ1) is 49.3. The zero-order valence-electron chi connectivity index (χ0n) is 41.6. The maximum absolute atomic E-state index is 14.7. The summed E-state index contributed by atoms with van der Waals surface area (Å²) in [4.78, 5) is 86.5. The van der Waals surface area contributed by atoms with Gasteiger partial charge in [0, 0.05) is 91.8 Å². The van der Waals surface area contributed by atoms with Crippen molar-refractivity contribution in [3.63, 3.8) is 0 Å². The van der Waals surface area contributed by atoms with E-state index in [4.69, 9.17) is 19.4 Å². The number of esters is 1. The average Bonchev–Trinajstić information content (AvgIpc) is 4.13. The van der Waals surface area contributed by atoms with Crippen molar-refractivity contribution in [2.45, 2.75) is 104 Å². The Morgan fingerprint density at radius 1 is 1.03 bits per heavy atom. The number of carbonyl (C=O) groups is 5. The molecule has 4 fully saturated rings. The van der Waals surface area contributed by atoms with E-state index < -0.39 is 46.7 Å². The summed E-state index contributed by atoms with van der Waals surface area (Å²) in [5.41, 5.74) is 8.87. The van der Waals surface area contributed by atoms with Gasteiger partial charge in [0.05, 0.1) is 53.9 Å². The Labute approximate surface area is 414 Å². The Morgan fingerprint density at radius 3 is 2.59 bits per heavy atom. The number of nitrogens with zero attached hydrogens (tertiary/aromatic N) is 7. The molecule has 16 nitrogen and oxygen atoms in total. The van der Waals surface area contributed by atoms with Gasteiger partial charge in [-0.05, 0) is 79.7 Å². The molecule has 4 amide bonds. The first-order chi connectivity index (χ1) is 33.5. The number of thiazole rings is 1. The van der Waals surface area contributed by atoms with E-state index >= 15 is 0 Å². The van der Waals surface area contributed by atoms with Crippen molar-refractivity contribution in [1.29, 1.82) is 0 Å². The van der Waals surface area contributed by atoms with Crippen LogP contribution < -0.4 is 10.7 Å². The van der Waals surface area contributed by atoms with Gasteiger partial charge in [-0.15, -0.1) is 11.3 Å². The molecule has 8 heterocycles. The highest BCUT2D eigenvalue weighted by atomic mass is 32.1. The number of rotatable bonds is 7. The van der Waals surface area contributed by atoms with Crippen molar-refractivity contribution >= 4 is 51.8 Å². The number of morpholine rings is 1. The van der Waals surface area contributed by atoms with E-state index in [1.807, 2.05) is 31.5 Å². The summed E-state index contributed by atoms with van der Waals surface area (Å²) in [7, 11) is 2.09. The van der Waals surface area contributed by atoms with E-state index in [9.17, 15) is 24.0 Å². The molecular formula is C53H67N9O7S. The SMILES string of the molecule is CC(C)c1ncccc1-c1c2c3cc(ccc3n1C)-c1csc(n1)C[C@H](NC(=O)[C@H](C(C)C)N1CCC3(CCN(C(=O)C#CCN4CCOCC4)C3)C1=O)C(=O)N1CCC[C@H](N1)C(=O)OCC(C)(C)C2. The smallest absolute Gasteiger partial charge is 0.324 e. The fourth-order valence-electron chi connectivity index (χ4n) is 11.1. The van der Waals surface area contributed by atoms with Gasteiger partial charge in [0.25, 0.3) is 11.8 Å². The summed E-state index contributed by atoms with van der Waals surface area (Å²) in [6.45, 7) is 17.1. The lowest BCUT2D eigenvalue weighted by Crippen LogP contribution is -2.62. The zero-order valence-corrected chi connectivity index (χ0v) is 42.5. The molecule has 4 aromatic rings. The Hall–Kier alpha value is -5.67. The van der Waals surface area contributed by atoms with Gasteiger partial charge in [-0.25, -0.2) is 10.4 Å². The lowest BCUT2D eigenvalue weighted by molar-refractivity contribution is -0.155. The summed E-state index contributed by atoms with van der Waals surface area (Å²) < 4.78 is 13.8. The first-order valence-corrected chi connectivity index (χ1v) is 25.9. The van der Waals surface area contributed by atoms with E-state index in [-0.39, 0.29) is 43.2 Å². The lowest BCUT2D eigenvalue weighted by Gasteiger charge is -2.36. The highest BCUT2D eigenvalue weighted by molar-refractivity contribution is 7.10. The van der Waals surface area contributed by atoms with Crippen LogP contribution in [0.4, 0.5) is 0 Å². The van der Waals surface area contributed by atoms with E-state index in [1.165, 1.54) is 16.3 Å². The number of likely N-dealkylation sites (tertiary alicyclic amines) is 2. The van der Waals surface area contributed by atoms with E-state index in [2.05, 4.69) is 91.1 Å². The van der Waals surface area contributed by atoms with Crippen molar-refractivity contribution in [3.05, 3.63) is 58.2 Å². The van der Waals surface area contributed by atoms with Crippen LogP contribution in [0.25, 0.3) is 33.4 Å². The van der Waals surface area contributed by atoms with Crippen LogP contribution >= 0.6 is 11.3 Å². The van der Waals surface area contributed by atoms with Crippen LogP contribution in [0.5, 0.6) is 0 Å². The third-order valence-electron chi connectivity index (χ3n) is 14.8. The summed E-state index contributed by atoms with van der Waals surface area (Å²) >= 11 is 1.42. The van der Waals surface area contributed by atoms with Crippen molar-refractivity contribution in [2.75, 3.05) is 65.6 Å². The molecule has 372 valence electrons. The van der Waals surface area contributed by atoms with Gasteiger partial charge in [0.15, 0.2) is 0 Å². The fourth-order valence-corrected chi connectivity index (χ4v) is 11.9. The number of amides is 4. The predicted molar refractivity (Wildman–Crippen MR) is 267 cm³/mol. The molecule has 1 unspecified atom stereocenters.